The minimum absolute atomic E-state index is 0.696. The Balaban J connectivity index is 1.96. The summed E-state index contributed by atoms with van der Waals surface area (Å²) in [7, 11) is 0. The first-order valence-corrected chi connectivity index (χ1v) is 6.25. The lowest BCUT2D eigenvalue weighted by Gasteiger charge is -2.27. The third kappa shape index (κ3) is 3.03. The van der Waals surface area contributed by atoms with Crippen LogP contribution in [0.2, 0.25) is 0 Å². The minimum atomic E-state index is 0.696. The summed E-state index contributed by atoms with van der Waals surface area (Å²) < 4.78 is 0. The summed E-state index contributed by atoms with van der Waals surface area (Å²) in [5.74, 6) is 0. The molecule has 1 aliphatic rings. The standard InChI is InChI=1S/C13H21N3/c1-2-9-16(13-6-8-14-10-13)11-12-5-3-4-7-15-12/h3-5,7,13-14H,2,6,8-11H2,1H3. The van der Waals surface area contributed by atoms with Crippen molar-refractivity contribution in [3.8, 4) is 0 Å². The normalized spacial score (nSPS) is 20.5. The summed E-state index contributed by atoms with van der Waals surface area (Å²) in [6.45, 7) is 6.69. The van der Waals surface area contributed by atoms with Crippen molar-refractivity contribution in [1.82, 2.24) is 15.2 Å². The van der Waals surface area contributed by atoms with E-state index in [2.05, 4.69) is 34.3 Å². The van der Waals surface area contributed by atoms with Crippen LogP contribution in [0.4, 0.5) is 0 Å². The summed E-state index contributed by atoms with van der Waals surface area (Å²) in [6.07, 6.45) is 4.36. The smallest absolute Gasteiger partial charge is 0.0544 e. The molecule has 0 aliphatic carbocycles. The molecule has 1 saturated heterocycles. The van der Waals surface area contributed by atoms with E-state index in [0.717, 1.165) is 19.6 Å². The highest BCUT2D eigenvalue weighted by atomic mass is 15.2. The van der Waals surface area contributed by atoms with E-state index >= 15 is 0 Å². The van der Waals surface area contributed by atoms with Gasteiger partial charge < -0.3 is 5.32 Å². The van der Waals surface area contributed by atoms with Crippen molar-refractivity contribution in [3.05, 3.63) is 30.1 Å². The van der Waals surface area contributed by atoms with Gasteiger partial charge in [-0.1, -0.05) is 13.0 Å². The van der Waals surface area contributed by atoms with E-state index in [1.807, 2.05) is 12.3 Å². The molecule has 1 fully saturated rings. The zero-order valence-corrected chi connectivity index (χ0v) is 10.0. The minimum Gasteiger partial charge on any atom is -0.315 e. The van der Waals surface area contributed by atoms with E-state index in [-0.39, 0.29) is 0 Å². The molecule has 1 atom stereocenters. The fourth-order valence-electron chi connectivity index (χ4n) is 2.33. The molecule has 0 amide bonds. The summed E-state index contributed by atoms with van der Waals surface area (Å²) in [5, 5.41) is 3.43. The first kappa shape index (κ1) is 11.6. The van der Waals surface area contributed by atoms with Crippen molar-refractivity contribution in [3.63, 3.8) is 0 Å². The van der Waals surface area contributed by atoms with Gasteiger partial charge in [-0.2, -0.15) is 0 Å². The van der Waals surface area contributed by atoms with Crippen LogP contribution in [0.5, 0.6) is 0 Å². The quantitative estimate of drug-likeness (QED) is 0.816. The maximum absolute atomic E-state index is 4.41. The molecule has 2 rings (SSSR count). The third-order valence-electron chi connectivity index (χ3n) is 3.15. The monoisotopic (exact) mass is 219 g/mol. The van der Waals surface area contributed by atoms with E-state index in [1.165, 1.54) is 25.1 Å². The second kappa shape index (κ2) is 5.97. The Morgan fingerprint density at radius 1 is 1.50 bits per heavy atom. The molecule has 16 heavy (non-hydrogen) atoms. The average Bonchev–Trinajstić information content (AvgIpc) is 2.83. The third-order valence-corrected chi connectivity index (χ3v) is 3.15. The van der Waals surface area contributed by atoms with Crippen molar-refractivity contribution in [2.75, 3.05) is 19.6 Å². The number of rotatable bonds is 5. The largest absolute Gasteiger partial charge is 0.315 e. The number of nitrogens with zero attached hydrogens (tertiary/aromatic N) is 2. The van der Waals surface area contributed by atoms with E-state index in [0.29, 0.717) is 6.04 Å². The molecular weight excluding hydrogens is 198 g/mol. The van der Waals surface area contributed by atoms with Crippen molar-refractivity contribution >= 4 is 0 Å². The van der Waals surface area contributed by atoms with E-state index < -0.39 is 0 Å². The van der Waals surface area contributed by atoms with E-state index in [4.69, 9.17) is 0 Å². The summed E-state index contributed by atoms with van der Waals surface area (Å²) >= 11 is 0. The highest BCUT2D eigenvalue weighted by Gasteiger charge is 2.21. The first-order chi connectivity index (χ1) is 7.90. The van der Waals surface area contributed by atoms with Crippen LogP contribution in [0.1, 0.15) is 25.5 Å². The van der Waals surface area contributed by atoms with Crippen molar-refractivity contribution < 1.29 is 0 Å². The summed E-state index contributed by atoms with van der Waals surface area (Å²) in [4.78, 5) is 6.97. The van der Waals surface area contributed by atoms with Crippen LogP contribution >= 0.6 is 0 Å². The fourth-order valence-corrected chi connectivity index (χ4v) is 2.33. The van der Waals surface area contributed by atoms with Gasteiger partial charge in [0.05, 0.1) is 5.69 Å². The SMILES string of the molecule is CCCN(Cc1ccccn1)C1CCNC1. The van der Waals surface area contributed by atoms with Crippen molar-refractivity contribution in [2.24, 2.45) is 0 Å². The van der Waals surface area contributed by atoms with Gasteiger partial charge in [-0.3, -0.25) is 9.88 Å². The second-order valence-electron chi connectivity index (χ2n) is 4.44. The van der Waals surface area contributed by atoms with Crippen LogP contribution in [-0.2, 0) is 6.54 Å². The number of nitrogens with one attached hydrogen (secondary N) is 1. The Bertz CT molecular complexity index is 293. The molecule has 0 bridgehead atoms. The van der Waals surface area contributed by atoms with Gasteiger partial charge in [-0.05, 0) is 38.1 Å². The Labute approximate surface area is 97.9 Å². The molecule has 0 spiro atoms. The molecule has 3 nitrogen and oxygen atoms in total. The van der Waals surface area contributed by atoms with Crippen LogP contribution in [0.25, 0.3) is 0 Å². The lowest BCUT2D eigenvalue weighted by Crippen LogP contribution is -2.37. The molecule has 1 aliphatic heterocycles. The highest BCUT2D eigenvalue weighted by molar-refractivity contribution is 5.03. The predicted molar refractivity (Wildman–Crippen MR) is 66.2 cm³/mol. The van der Waals surface area contributed by atoms with Gasteiger partial charge in [0, 0.05) is 25.3 Å². The van der Waals surface area contributed by atoms with E-state index in [9.17, 15) is 0 Å². The molecular formula is C13H21N3. The van der Waals surface area contributed by atoms with Gasteiger partial charge in [0.1, 0.15) is 0 Å². The van der Waals surface area contributed by atoms with Crippen molar-refractivity contribution in [2.45, 2.75) is 32.4 Å². The Hall–Kier alpha value is -0.930. The maximum atomic E-state index is 4.41. The Morgan fingerprint density at radius 2 is 2.44 bits per heavy atom. The van der Waals surface area contributed by atoms with Gasteiger partial charge in [-0.25, -0.2) is 0 Å². The zero-order valence-electron chi connectivity index (χ0n) is 10.0. The van der Waals surface area contributed by atoms with Gasteiger partial charge in [0.25, 0.3) is 0 Å². The van der Waals surface area contributed by atoms with E-state index in [1.54, 1.807) is 0 Å². The Morgan fingerprint density at radius 3 is 3.06 bits per heavy atom. The molecule has 0 radical (unpaired) electrons. The summed E-state index contributed by atoms with van der Waals surface area (Å²) in [5.41, 5.74) is 1.18. The number of aromatic nitrogens is 1. The molecule has 0 saturated carbocycles. The van der Waals surface area contributed by atoms with Crippen molar-refractivity contribution in [1.29, 1.82) is 0 Å². The fraction of sp³-hybridized carbons (Fsp3) is 0.615. The molecule has 2 heterocycles. The molecule has 1 unspecified atom stereocenters. The lowest BCUT2D eigenvalue weighted by atomic mass is 10.2. The van der Waals surface area contributed by atoms with Gasteiger partial charge >= 0.3 is 0 Å². The van der Waals surface area contributed by atoms with Crippen LogP contribution in [0.15, 0.2) is 24.4 Å². The molecule has 0 aromatic carbocycles. The Kier molecular flexibility index (Phi) is 4.31. The molecule has 1 N–H and O–H groups in total. The number of hydrogen-bond acceptors (Lipinski definition) is 3. The van der Waals surface area contributed by atoms with Gasteiger partial charge in [0.15, 0.2) is 0 Å². The molecule has 1 aromatic heterocycles. The van der Waals surface area contributed by atoms with Crippen LogP contribution in [0.3, 0.4) is 0 Å². The lowest BCUT2D eigenvalue weighted by molar-refractivity contribution is 0.197. The topological polar surface area (TPSA) is 28.2 Å². The van der Waals surface area contributed by atoms with Crippen LogP contribution in [0, 0.1) is 0 Å². The zero-order chi connectivity index (χ0) is 11.2. The summed E-state index contributed by atoms with van der Waals surface area (Å²) in [6, 6.07) is 6.86. The molecule has 1 aromatic rings. The highest BCUT2D eigenvalue weighted by Crippen LogP contribution is 2.12. The van der Waals surface area contributed by atoms with Crippen LogP contribution < -0.4 is 5.32 Å². The number of pyridine rings is 1. The first-order valence-electron chi connectivity index (χ1n) is 6.25. The molecule has 3 heteroatoms. The van der Waals surface area contributed by atoms with Crippen LogP contribution in [-0.4, -0.2) is 35.6 Å². The van der Waals surface area contributed by atoms with Gasteiger partial charge in [0.2, 0.25) is 0 Å². The molecule has 88 valence electrons. The average molecular weight is 219 g/mol. The second-order valence-corrected chi connectivity index (χ2v) is 4.44. The number of hydrogen-bond donors (Lipinski definition) is 1. The van der Waals surface area contributed by atoms with Gasteiger partial charge in [-0.15, -0.1) is 0 Å². The maximum Gasteiger partial charge on any atom is 0.0544 e. The predicted octanol–water partition coefficient (Wildman–Crippen LogP) is 1.66.